The van der Waals surface area contributed by atoms with E-state index in [4.69, 9.17) is 16.3 Å². The molecule has 28 heavy (non-hydrogen) atoms. The van der Waals surface area contributed by atoms with E-state index in [0.717, 1.165) is 23.3 Å². The van der Waals surface area contributed by atoms with E-state index in [1.165, 1.54) is 6.92 Å². The second-order valence-corrected chi connectivity index (χ2v) is 7.75. The van der Waals surface area contributed by atoms with Crippen LogP contribution in [0, 0.1) is 18.8 Å². The Bertz CT molecular complexity index is 801. The van der Waals surface area contributed by atoms with Crippen molar-refractivity contribution in [2.75, 3.05) is 11.9 Å². The third-order valence-electron chi connectivity index (χ3n) is 5.40. The molecule has 1 aromatic rings. The zero-order chi connectivity index (χ0) is 20.4. The number of hydrogen-bond acceptors (Lipinski definition) is 5. The first-order valence-electron chi connectivity index (χ1n) is 9.39. The molecule has 1 saturated carbocycles. The molecule has 3 amide bonds. The number of carbonyl (C=O) groups is 4. The predicted molar refractivity (Wildman–Crippen MR) is 103 cm³/mol. The van der Waals surface area contributed by atoms with Gasteiger partial charge in [0.2, 0.25) is 11.8 Å². The molecule has 2 fully saturated rings. The van der Waals surface area contributed by atoms with Crippen molar-refractivity contribution in [2.24, 2.45) is 11.8 Å². The molecule has 0 bridgehead atoms. The highest BCUT2D eigenvalue weighted by atomic mass is 35.5. The number of nitrogens with zero attached hydrogens (tertiary/aromatic N) is 1. The van der Waals surface area contributed by atoms with E-state index in [2.05, 4.69) is 5.32 Å². The fourth-order valence-electron chi connectivity index (χ4n) is 3.80. The van der Waals surface area contributed by atoms with Crippen molar-refractivity contribution in [3.05, 3.63) is 28.8 Å². The number of ether oxygens (including phenoxy) is 1. The number of aryl methyl sites for hydroxylation is 1. The summed E-state index contributed by atoms with van der Waals surface area (Å²) in [6.45, 7) is 2.78. The van der Waals surface area contributed by atoms with Gasteiger partial charge in [0.25, 0.3) is 5.91 Å². The molecule has 8 heteroatoms. The van der Waals surface area contributed by atoms with Gasteiger partial charge in [-0.25, -0.2) is 4.79 Å². The number of benzene rings is 1. The number of amides is 3. The van der Waals surface area contributed by atoms with Crippen molar-refractivity contribution in [1.82, 2.24) is 4.90 Å². The topological polar surface area (TPSA) is 92.8 Å². The number of rotatable bonds is 5. The Morgan fingerprint density at radius 3 is 2.39 bits per heavy atom. The molecule has 1 aromatic carbocycles. The molecule has 0 unspecified atom stereocenters. The summed E-state index contributed by atoms with van der Waals surface area (Å²) in [4.78, 5) is 50.4. The third kappa shape index (κ3) is 4.04. The average Bonchev–Trinajstić information content (AvgIpc) is 2.93. The van der Waals surface area contributed by atoms with Crippen LogP contribution in [0.3, 0.4) is 0 Å². The fourth-order valence-corrected chi connectivity index (χ4v) is 3.98. The highest BCUT2D eigenvalue weighted by Gasteiger charge is 2.51. The first-order valence-corrected chi connectivity index (χ1v) is 9.77. The van der Waals surface area contributed by atoms with E-state index in [1.807, 2.05) is 6.92 Å². The molecule has 1 aliphatic heterocycles. The Labute approximate surface area is 168 Å². The van der Waals surface area contributed by atoms with Crippen LogP contribution < -0.4 is 5.32 Å². The summed E-state index contributed by atoms with van der Waals surface area (Å²) in [5.74, 6) is -2.58. The maximum Gasteiger partial charge on any atom is 0.329 e. The Hall–Kier alpha value is -2.41. The second-order valence-electron chi connectivity index (χ2n) is 7.34. The molecular formula is C20H23ClN2O5. The molecule has 0 radical (unpaired) electrons. The van der Waals surface area contributed by atoms with Gasteiger partial charge in [-0.1, -0.05) is 30.5 Å². The van der Waals surface area contributed by atoms with Crippen LogP contribution in [0.15, 0.2) is 18.2 Å². The van der Waals surface area contributed by atoms with Crippen LogP contribution in [0.4, 0.5) is 5.69 Å². The monoisotopic (exact) mass is 406 g/mol. The van der Waals surface area contributed by atoms with Crippen LogP contribution in [0.25, 0.3) is 0 Å². The molecule has 150 valence electrons. The number of likely N-dealkylation sites (tertiary alicyclic amines) is 1. The van der Waals surface area contributed by atoms with Gasteiger partial charge in [-0.2, -0.15) is 0 Å². The standard InChI is InChI=1S/C20H23ClN2O5/c1-11-7-8-13(9-16(11)21)22-17(24)10-28-20(27)12(2)23-18(25)14-5-3-4-6-15(14)19(23)26/h7-9,12,14-15H,3-6,10H2,1-2H3,(H,22,24)/t12-,14-,15-/m0/s1. The average molecular weight is 407 g/mol. The van der Waals surface area contributed by atoms with Crippen molar-refractivity contribution < 1.29 is 23.9 Å². The SMILES string of the molecule is Cc1ccc(NC(=O)COC(=O)[C@H](C)N2C(=O)[C@H]3CCCC[C@@H]3C2=O)cc1Cl. The second kappa shape index (κ2) is 8.31. The van der Waals surface area contributed by atoms with Gasteiger partial charge in [0.1, 0.15) is 6.04 Å². The lowest BCUT2D eigenvalue weighted by molar-refractivity contribution is -0.159. The van der Waals surface area contributed by atoms with Crippen LogP contribution >= 0.6 is 11.6 Å². The molecule has 1 aliphatic carbocycles. The lowest BCUT2D eigenvalue weighted by Gasteiger charge is -2.21. The minimum Gasteiger partial charge on any atom is -0.454 e. The van der Waals surface area contributed by atoms with Crippen molar-refractivity contribution in [3.63, 3.8) is 0 Å². The number of imide groups is 1. The molecule has 2 aliphatic rings. The van der Waals surface area contributed by atoms with Gasteiger partial charge in [-0.05, 0) is 44.4 Å². The summed E-state index contributed by atoms with van der Waals surface area (Å²) >= 11 is 6.01. The summed E-state index contributed by atoms with van der Waals surface area (Å²) in [6.07, 6.45) is 3.18. The molecule has 1 heterocycles. The van der Waals surface area contributed by atoms with Gasteiger partial charge >= 0.3 is 5.97 Å². The van der Waals surface area contributed by atoms with Crippen molar-refractivity contribution >= 4 is 41.0 Å². The number of nitrogens with one attached hydrogen (secondary N) is 1. The maximum atomic E-state index is 12.5. The van der Waals surface area contributed by atoms with Gasteiger partial charge < -0.3 is 10.1 Å². The molecular weight excluding hydrogens is 384 g/mol. The summed E-state index contributed by atoms with van der Waals surface area (Å²) in [5, 5.41) is 3.09. The number of fused-ring (bicyclic) bond motifs is 1. The lowest BCUT2D eigenvalue weighted by Crippen LogP contribution is -2.45. The number of hydrogen-bond donors (Lipinski definition) is 1. The maximum absolute atomic E-state index is 12.5. The van der Waals surface area contributed by atoms with E-state index < -0.39 is 24.5 Å². The number of halogens is 1. The highest BCUT2D eigenvalue weighted by Crippen LogP contribution is 2.38. The minimum atomic E-state index is -1.05. The minimum absolute atomic E-state index is 0.308. The molecule has 3 atom stereocenters. The Morgan fingerprint density at radius 2 is 1.82 bits per heavy atom. The molecule has 3 rings (SSSR count). The van der Waals surface area contributed by atoms with E-state index in [-0.39, 0.29) is 23.7 Å². The summed E-state index contributed by atoms with van der Waals surface area (Å²) < 4.78 is 5.02. The Morgan fingerprint density at radius 1 is 1.21 bits per heavy atom. The van der Waals surface area contributed by atoms with E-state index >= 15 is 0 Å². The zero-order valence-corrected chi connectivity index (χ0v) is 16.6. The Balaban J connectivity index is 1.55. The molecule has 1 N–H and O–H groups in total. The van der Waals surface area contributed by atoms with Crippen LogP contribution in [-0.2, 0) is 23.9 Å². The highest BCUT2D eigenvalue weighted by molar-refractivity contribution is 6.31. The number of anilines is 1. The van der Waals surface area contributed by atoms with E-state index in [0.29, 0.717) is 23.6 Å². The summed E-state index contributed by atoms with van der Waals surface area (Å²) in [6, 6.07) is 4.00. The van der Waals surface area contributed by atoms with Crippen molar-refractivity contribution in [3.8, 4) is 0 Å². The van der Waals surface area contributed by atoms with E-state index in [9.17, 15) is 19.2 Å². The van der Waals surface area contributed by atoms with Crippen molar-refractivity contribution in [1.29, 1.82) is 0 Å². The predicted octanol–water partition coefficient (Wildman–Crippen LogP) is 2.69. The quantitative estimate of drug-likeness (QED) is 0.599. The van der Waals surface area contributed by atoms with Crippen LogP contribution in [0.5, 0.6) is 0 Å². The summed E-state index contributed by atoms with van der Waals surface area (Å²) in [7, 11) is 0. The lowest BCUT2D eigenvalue weighted by atomic mass is 9.81. The van der Waals surface area contributed by atoms with Gasteiger partial charge in [-0.3, -0.25) is 19.3 Å². The first kappa shape index (κ1) is 20.3. The largest absolute Gasteiger partial charge is 0.454 e. The van der Waals surface area contributed by atoms with Crippen LogP contribution in [-0.4, -0.2) is 41.2 Å². The fraction of sp³-hybridized carbons (Fsp3) is 0.500. The number of esters is 1. The van der Waals surface area contributed by atoms with Gasteiger partial charge in [0.15, 0.2) is 6.61 Å². The first-order chi connectivity index (χ1) is 13.3. The molecule has 0 aromatic heterocycles. The van der Waals surface area contributed by atoms with Gasteiger partial charge in [-0.15, -0.1) is 0 Å². The normalized spacial score (nSPS) is 22.6. The molecule has 1 saturated heterocycles. The van der Waals surface area contributed by atoms with Crippen LogP contribution in [0.1, 0.15) is 38.2 Å². The molecule has 0 spiro atoms. The van der Waals surface area contributed by atoms with Crippen molar-refractivity contribution in [2.45, 2.75) is 45.6 Å². The van der Waals surface area contributed by atoms with Crippen LogP contribution in [0.2, 0.25) is 5.02 Å². The Kier molecular flexibility index (Phi) is 6.03. The number of carbonyl (C=O) groups excluding carboxylic acids is 4. The van der Waals surface area contributed by atoms with E-state index in [1.54, 1.807) is 18.2 Å². The molecule has 7 nitrogen and oxygen atoms in total. The third-order valence-corrected chi connectivity index (χ3v) is 5.81. The van der Waals surface area contributed by atoms with Gasteiger partial charge in [0, 0.05) is 10.7 Å². The zero-order valence-electron chi connectivity index (χ0n) is 15.9. The smallest absolute Gasteiger partial charge is 0.329 e. The van der Waals surface area contributed by atoms with Gasteiger partial charge in [0.05, 0.1) is 11.8 Å². The summed E-state index contributed by atoms with van der Waals surface area (Å²) in [5.41, 5.74) is 1.36.